The normalized spacial score (nSPS) is 23.1. The van der Waals surface area contributed by atoms with E-state index in [1.165, 1.54) is 12.1 Å². The highest BCUT2D eigenvalue weighted by Crippen LogP contribution is 2.20. The molecule has 1 heterocycles. The number of hydrogen-bond acceptors (Lipinski definition) is 4. The van der Waals surface area contributed by atoms with Crippen LogP contribution in [0, 0.1) is 5.82 Å². The molecular formula is C13H19FN2O3S. The lowest BCUT2D eigenvalue weighted by Gasteiger charge is -2.18. The predicted molar refractivity (Wildman–Crippen MR) is 73.3 cm³/mol. The second-order valence-corrected chi connectivity index (χ2v) is 6.56. The lowest BCUT2D eigenvalue weighted by atomic mass is 10.2. The van der Waals surface area contributed by atoms with Gasteiger partial charge in [0.25, 0.3) is 0 Å². The topological polar surface area (TPSA) is 67.4 Å². The first kappa shape index (κ1) is 15.4. The third kappa shape index (κ3) is 3.35. The van der Waals surface area contributed by atoms with E-state index < -0.39 is 15.8 Å². The van der Waals surface area contributed by atoms with Gasteiger partial charge in [0.1, 0.15) is 5.82 Å². The molecule has 20 heavy (non-hydrogen) atoms. The fraction of sp³-hybridized carbons (Fsp3) is 0.538. The molecule has 0 aliphatic carbocycles. The zero-order valence-corrected chi connectivity index (χ0v) is 12.3. The number of rotatable bonds is 5. The third-order valence-corrected chi connectivity index (χ3v) is 4.94. The smallest absolute Gasteiger partial charge is 0.241 e. The third-order valence-electron chi connectivity index (χ3n) is 3.37. The molecule has 0 radical (unpaired) electrons. The minimum atomic E-state index is -3.76. The monoisotopic (exact) mass is 302 g/mol. The summed E-state index contributed by atoms with van der Waals surface area (Å²) in [4.78, 5) is -0.0223. The predicted octanol–water partition coefficient (Wildman–Crippen LogP) is 1.00. The van der Waals surface area contributed by atoms with Gasteiger partial charge in [0.05, 0.1) is 17.0 Å². The number of benzene rings is 1. The van der Waals surface area contributed by atoms with E-state index in [-0.39, 0.29) is 17.0 Å². The molecule has 5 nitrogen and oxygen atoms in total. The van der Waals surface area contributed by atoms with Crippen LogP contribution in [0.25, 0.3) is 0 Å². The van der Waals surface area contributed by atoms with E-state index in [0.717, 1.165) is 6.07 Å². The maximum absolute atomic E-state index is 13.4. The first-order valence-corrected chi connectivity index (χ1v) is 7.99. The van der Waals surface area contributed by atoms with Crippen molar-refractivity contribution < 1.29 is 17.5 Å². The molecule has 2 atom stereocenters. The summed E-state index contributed by atoms with van der Waals surface area (Å²) in [6.07, 6.45) is 0.447. The molecule has 1 saturated heterocycles. The Labute approximate surface area is 118 Å². The van der Waals surface area contributed by atoms with E-state index in [2.05, 4.69) is 10.0 Å². The summed E-state index contributed by atoms with van der Waals surface area (Å²) in [5, 5.41) is 2.88. The molecule has 1 aromatic rings. The van der Waals surface area contributed by atoms with Crippen LogP contribution in [0.3, 0.4) is 0 Å². The molecule has 1 aromatic carbocycles. The van der Waals surface area contributed by atoms with Gasteiger partial charge >= 0.3 is 0 Å². The SMILES string of the molecule is CNCc1ccc(F)cc1S(=O)(=O)NC1CCOC1C. The van der Waals surface area contributed by atoms with Crippen LogP contribution >= 0.6 is 0 Å². The Morgan fingerprint density at radius 1 is 1.45 bits per heavy atom. The molecule has 0 saturated carbocycles. The number of halogens is 1. The number of ether oxygens (including phenoxy) is 1. The average Bonchev–Trinajstić information content (AvgIpc) is 2.77. The van der Waals surface area contributed by atoms with Crippen molar-refractivity contribution in [3.63, 3.8) is 0 Å². The van der Waals surface area contributed by atoms with Crippen LogP contribution in [0.1, 0.15) is 18.9 Å². The molecule has 1 aliphatic rings. The van der Waals surface area contributed by atoms with Crippen LogP contribution in [0.5, 0.6) is 0 Å². The maximum Gasteiger partial charge on any atom is 0.241 e. The fourth-order valence-corrected chi connectivity index (χ4v) is 3.85. The molecule has 0 aromatic heterocycles. The quantitative estimate of drug-likeness (QED) is 0.851. The fourth-order valence-electron chi connectivity index (χ4n) is 2.26. The van der Waals surface area contributed by atoms with Crippen molar-refractivity contribution >= 4 is 10.0 Å². The van der Waals surface area contributed by atoms with Crippen molar-refractivity contribution in [3.05, 3.63) is 29.6 Å². The molecule has 2 unspecified atom stereocenters. The Bertz CT molecular complexity index is 577. The largest absolute Gasteiger partial charge is 0.377 e. The van der Waals surface area contributed by atoms with Crippen molar-refractivity contribution in [2.45, 2.75) is 36.9 Å². The summed E-state index contributed by atoms with van der Waals surface area (Å²) in [6.45, 7) is 2.70. The minimum absolute atomic E-state index is 0.0223. The highest BCUT2D eigenvalue weighted by Gasteiger charge is 2.30. The molecule has 0 bridgehead atoms. The van der Waals surface area contributed by atoms with Crippen molar-refractivity contribution in [2.24, 2.45) is 0 Å². The van der Waals surface area contributed by atoms with Crippen LogP contribution in [0.4, 0.5) is 4.39 Å². The van der Waals surface area contributed by atoms with Gasteiger partial charge in [-0.05, 0) is 38.1 Å². The molecule has 7 heteroatoms. The Morgan fingerprint density at radius 3 is 2.80 bits per heavy atom. The van der Waals surface area contributed by atoms with Crippen LogP contribution in [-0.2, 0) is 21.3 Å². The summed E-state index contributed by atoms with van der Waals surface area (Å²) in [6, 6.07) is 3.52. The van der Waals surface area contributed by atoms with Crippen molar-refractivity contribution in [3.8, 4) is 0 Å². The minimum Gasteiger partial charge on any atom is -0.377 e. The second-order valence-electron chi connectivity index (χ2n) is 4.87. The Morgan fingerprint density at radius 2 is 2.20 bits per heavy atom. The van der Waals surface area contributed by atoms with Gasteiger partial charge in [-0.2, -0.15) is 0 Å². The first-order chi connectivity index (χ1) is 9.44. The summed E-state index contributed by atoms with van der Waals surface area (Å²) < 4.78 is 46.1. The van der Waals surface area contributed by atoms with E-state index in [0.29, 0.717) is 25.1 Å². The maximum atomic E-state index is 13.4. The van der Waals surface area contributed by atoms with Gasteiger partial charge in [0, 0.05) is 13.2 Å². The average molecular weight is 302 g/mol. The van der Waals surface area contributed by atoms with Gasteiger partial charge in [0.15, 0.2) is 0 Å². The summed E-state index contributed by atoms with van der Waals surface area (Å²) in [5.41, 5.74) is 0.535. The Balaban J connectivity index is 2.30. The second kappa shape index (κ2) is 6.17. The summed E-state index contributed by atoms with van der Waals surface area (Å²) >= 11 is 0. The number of sulfonamides is 1. The first-order valence-electron chi connectivity index (χ1n) is 6.51. The van der Waals surface area contributed by atoms with Crippen molar-refractivity contribution in [1.29, 1.82) is 0 Å². The van der Waals surface area contributed by atoms with E-state index in [9.17, 15) is 12.8 Å². The number of nitrogens with one attached hydrogen (secondary N) is 2. The van der Waals surface area contributed by atoms with Crippen LogP contribution in [0.2, 0.25) is 0 Å². The zero-order chi connectivity index (χ0) is 14.8. The zero-order valence-electron chi connectivity index (χ0n) is 11.5. The van der Waals surface area contributed by atoms with Gasteiger partial charge in [-0.15, -0.1) is 0 Å². The molecular weight excluding hydrogens is 283 g/mol. The standard InChI is InChI=1S/C13H19FN2O3S/c1-9-12(5-6-19-9)16-20(17,18)13-7-11(14)4-3-10(13)8-15-2/h3-4,7,9,12,15-16H,5-6,8H2,1-2H3. The number of hydrogen-bond donors (Lipinski definition) is 2. The van der Waals surface area contributed by atoms with Gasteiger partial charge < -0.3 is 10.1 Å². The molecule has 0 spiro atoms. The summed E-state index contributed by atoms with van der Waals surface area (Å²) in [5.74, 6) is -0.569. The highest BCUT2D eigenvalue weighted by molar-refractivity contribution is 7.89. The molecule has 1 fully saturated rings. The molecule has 2 N–H and O–H groups in total. The Hall–Kier alpha value is -1.02. The Kier molecular flexibility index (Phi) is 4.74. The van der Waals surface area contributed by atoms with Crippen LogP contribution in [-0.4, -0.2) is 34.2 Å². The van der Waals surface area contributed by atoms with Crippen LogP contribution in [0.15, 0.2) is 23.1 Å². The van der Waals surface area contributed by atoms with Gasteiger partial charge in [-0.1, -0.05) is 6.07 Å². The molecule has 2 rings (SSSR count). The van der Waals surface area contributed by atoms with Crippen LogP contribution < -0.4 is 10.0 Å². The molecule has 112 valence electrons. The van der Waals surface area contributed by atoms with Crippen molar-refractivity contribution in [1.82, 2.24) is 10.0 Å². The van der Waals surface area contributed by atoms with Gasteiger partial charge in [-0.3, -0.25) is 0 Å². The lowest BCUT2D eigenvalue weighted by Crippen LogP contribution is -2.39. The van der Waals surface area contributed by atoms with E-state index in [4.69, 9.17) is 4.74 Å². The molecule has 1 aliphatic heterocycles. The van der Waals surface area contributed by atoms with Gasteiger partial charge in [-0.25, -0.2) is 17.5 Å². The van der Waals surface area contributed by atoms with E-state index >= 15 is 0 Å². The van der Waals surface area contributed by atoms with E-state index in [1.807, 2.05) is 6.92 Å². The lowest BCUT2D eigenvalue weighted by molar-refractivity contribution is 0.117. The highest BCUT2D eigenvalue weighted by atomic mass is 32.2. The van der Waals surface area contributed by atoms with Gasteiger partial charge in [0.2, 0.25) is 10.0 Å². The summed E-state index contributed by atoms with van der Waals surface area (Å²) in [7, 11) is -2.05. The molecule has 0 amide bonds. The van der Waals surface area contributed by atoms with Crippen molar-refractivity contribution in [2.75, 3.05) is 13.7 Å². The van der Waals surface area contributed by atoms with E-state index in [1.54, 1.807) is 7.05 Å².